The fraction of sp³-hybridized carbons (Fsp3) is 0.320. The van der Waals surface area contributed by atoms with Gasteiger partial charge >= 0.3 is 0 Å². The summed E-state index contributed by atoms with van der Waals surface area (Å²) in [5.74, 6) is 1.85. The van der Waals surface area contributed by atoms with Crippen LogP contribution in [0.25, 0.3) is 0 Å². The molecule has 0 atom stereocenters. The highest BCUT2D eigenvalue weighted by Gasteiger charge is 2.23. The van der Waals surface area contributed by atoms with E-state index in [0.717, 1.165) is 0 Å². The lowest BCUT2D eigenvalue weighted by molar-refractivity contribution is 0.0366. The van der Waals surface area contributed by atoms with Gasteiger partial charge < -0.3 is 34.3 Å². The summed E-state index contributed by atoms with van der Waals surface area (Å²) in [4.78, 5) is 23.2. The molecule has 0 radical (unpaired) electrons. The number of aliphatic hydroxyl groups is 1. The van der Waals surface area contributed by atoms with Gasteiger partial charge in [-0.15, -0.1) is 0 Å². The molecule has 0 aliphatic heterocycles. The molecule has 11 heteroatoms. The third kappa shape index (κ3) is 6.55. The Morgan fingerprint density at radius 3 is 2.31 bits per heavy atom. The molecule has 10 nitrogen and oxygen atoms in total. The number of nitrogens with one attached hydrogen (secondary N) is 1. The maximum Gasteiger partial charge on any atom is 0.257 e. The van der Waals surface area contributed by atoms with Gasteiger partial charge in [0, 0.05) is 31.4 Å². The van der Waals surface area contributed by atoms with E-state index in [1.54, 1.807) is 57.3 Å². The molecule has 0 saturated carbocycles. The second kappa shape index (κ2) is 11.4. The highest BCUT2D eigenvalue weighted by atomic mass is 79.9. The maximum absolute atomic E-state index is 13.0. The first-order chi connectivity index (χ1) is 17.1. The second-order valence-electron chi connectivity index (χ2n) is 8.46. The van der Waals surface area contributed by atoms with Crippen molar-refractivity contribution in [1.29, 1.82) is 0 Å². The topological polar surface area (TPSA) is 115 Å². The first-order valence-electron chi connectivity index (χ1n) is 10.9. The molecule has 0 bridgehead atoms. The molecule has 1 aromatic heterocycles. The predicted octanol–water partition coefficient (Wildman–Crippen LogP) is 4.64. The molecule has 0 spiro atoms. The highest BCUT2D eigenvalue weighted by molar-refractivity contribution is 9.10. The lowest BCUT2D eigenvalue weighted by Gasteiger charge is -2.26. The van der Waals surface area contributed by atoms with Gasteiger partial charge in [-0.25, -0.2) is 4.98 Å². The minimum absolute atomic E-state index is 0.153. The van der Waals surface area contributed by atoms with Crippen LogP contribution < -0.4 is 24.3 Å². The second-order valence-corrected chi connectivity index (χ2v) is 9.31. The standard InChI is InChI=1S/C25H29BrN4O6/c1-25(2,32)14-30(3)23(31)16-9-7-8-10-18(16)36-22-17(26)13-27-24(29-22)28-15-11-19(33-4)21(35-6)20(12-15)34-5/h7-13,32H,14H2,1-6H3,(H,27,28,29). The number of ether oxygens (including phenoxy) is 4. The van der Waals surface area contributed by atoms with Crippen LogP contribution in [0.2, 0.25) is 0 Å². The number of methoxy groups -OCH3 is 3. The number of carbonyl (C=O) groups excluding carboxylic acids is 1. The zero-order chi connectivity index (χ0) is 26.5. The normalized spacial score (nSPS) is 11.0. The van der Waals surface area contributed by atoms with E-state index in [1.807, 2.05) is 0 Å². The third-order valence-corrected chi connectivity index (χ3v) is 5.47. The summed E-state index contributed by atoms with van der Waals surface area (Å²) < 4.78 is 22.7. The van der Waals surface area contributed by atoms with E-state index in [0.29, 0.717) is 38.7 Å². The zero-order valence-electron chi connectivity index (χ0n) is 21.0. The Balaban J connectivity index is 1.89. The largest absolute Gasteiger partial charge is 0.493 e. The van der Waals surface area contributed by atoms with Crippen LogP contribution in [0.4, 0.5) is 11.6 Å². The van der Waals surface area contributed by atoms with Crippen LogP contribution in [-0.4, -0.2) is 66.4 Å². The molecule has 2 N–H and O–H groups in total. The molecular weight excluding hydrogens is 532 g/mol. The van der Waals surface area contributed by atoms with E-state index < -0.39 is 5.60 Å². The van der Waals surface area contributed by atoms with Gasteiger partial charge in [-0.1, -0.05) is 12.1 Å². The van der Waals surface area contributed by atoms with Crippen LogP contribution in [0.5, 0.6) is 28.9 Å². The molecule has 3 aromatic rings. The minimum atomic E-state index is -1.04. The smallest absolute Gasteiger partial charge is 0.257 e. The van der Waals surface area contributed by atoms with Crippen molar-refractivity contribution in [3.8, 4) is 28.9 Å². The molecule has 0 saturated heterocycles. The van der Waals surface area contributed by atoms with Gasteiger partial charge in [0.1, 0.15) is 5.75 Å². The number of nitrogens with zero attached hydrogens (tertiary/aromatic N) is 3. The van der Waals surface area contributed by atoms with Gasteiger partial charge in [0.2, 0.25) is 17.6 Å². The van der Waals surface area contributed by atoms with Gasteiger partial charge in [0.25, 0.3) is 5.91 Å². The minimum Gasteiger partial charge on any atom is -0.493 e. The quantitative estimate of drug-likeness (QED) is 0.365. The third-order valence-electron chi connectivity index (χ3n) is 4.93. The van der Waals surface area contributed by atoms with E-state index in [4.69, 9.17) is 18.9 Å². The van der Waals surface area contributed by atoms with E-state index in [1.165, 1.54) is 32.4 Å². The molecule has 0 aliphatic rings. The van der Waals surface area contributed by atoms with E-state index in [-0.39, 0.29) is 24.3 Å². The number of halogens is 1. The lowest BCUT2D eigenvalue weighted by Crippen LogP contribution is -2.39. The molecule has 2 aromatic carbocycles. The van der Waals surface area contributed by atoms with E-state index >= 15 is 0 Å². The molecule has 0 aliphatic carbocycles. The van der Waals surface area contributed by atoms with Crippen LogP contribution in [-0.2, 0) is 0 Å². The van der Waals surface area contributed by atoms with Crippen molar-refractivity contribution in [2.24, 2.45) is 0 Å². The van der Waals surface area contributed by atoms with Gasteiger partial charge in [-0.05, 0) is 41.9 Å². The SMILES string of the molecule is COc1cc(Nc2ncc(Br)c(Oc3ccccc3C(=O)N(C)CC(C)(C)O)n2)cc(OC)c1OC. The van der Waals surface area contributed by atoms with Crippen LogP contribution in [0, 0.1) is 0 Å². The average molecular weight is 561 g/mol. The summed E-state index contributed by atoms with van der Waals surface area (Å²) in [6.45, 7) is 3.43. The van der Waals surface area contributed by atoms with Crippen molar-refractivity contribution in [3.63, 3.8) is 0 Å². The summed E-state index contributed by atoms with van der Waals surface area (Å²) in [6.07, 6.45) is 1.54. The molecule has 3 rings (SSSR count). The van der Waals surface area contributed by atoms with Crippen molar-refractivity contribution in [3.05, 3.63) is 52.6 Å². The van der Waals surface area contributed by atoms with E-state index in [9.17, 15) is 9.90 Å². The Morgan fingerprint density at radius 2 is 1.72 bits per heavy atom. The Kier molecular flexibility index (Phi) is 8.59. The number of aromatic nitrogens is 2. The number of likely N-dealkylation sites (N-methyl/N-ethyl adjacent to an activating group) is 1. The average Bonchev–Trinajstić information content (AvgIpc) is 2.84. The van der Waals surface area contributed by atoms with Gasteiger partial charge in [0.15, 0.2) is 11.5 Å². The monoisotopic (exact) mass is 560 g/mol. The van der Waals surface area contributed by atoms with Crippen LogP contribution in [0.3, 0.4) is 0 Å². The summed E-state index contributed by atoms with van der Waals surface area (Å²) in [5.41, 5.74) is -0.112. The first kappa shape index (κ1) is 27.0. The zero-order valence-corrected chi connectivity index (χ0v) is 22.5. The molecule has 0 unspecified atom stereocenters. The predicted molar refractivity (Wildman–Crippen MR) is 139 cm³/mol. The number of hydrogen-bond acceptors (Lipinski definition) is 9. The highest BCUT2D eigenvalue weighted by Crippen LogP contribution is 2.40. The maximum atomic E-state index is 13.0. The molecule has 0 fully saturated rings. The first-order valence-corrected chi connectivity index (χ1v) is 11.7. The molecule has 36 heavy (non-hydrogen) atoms. The Morgan fingerprint density at radius 1 is 1.08 bits per heavy atom. The van der Waals surface area contributed by atoms with E-state index in [2.05, 4.69) is 31.2 Å². The van der Waals surface area contributed by atoms with Gasteiger partial charge in [-0.2, -0.15) is 4.98 Å². The van der Waals surface area contributed by atoms with Crippen molar-refractivity contribution in [2.45, 2.75) is 19.4 Å². The number of benzene rings is 2. The van der Waals surface area contributed by atoms with Crippen LogP contribution in [0.1, 0.15) is 24.2 Å². The number of amides is 1. The Hall–Kier alpha value is -3.57. The summed E-state index contributed by atoms with van der Waals surface area (Å²) in [7, 11) is 6.21. The Bertz CT molecular complexity index is 1210. The van der Waals surface area contributed by atoms with Crippen molar-refractivity contribution < 1.29 is 28.8 Å². The number of anilines is 2. The summed E-state index contributed by atoms with van der Waals surface area (Å²) >= 11 is 3.41. The molecule has 192 valence electrons. The molecule has 1 amide bonds. The summed E-state index contributed by atoms with van der Waals surface area (Å²) in [5, 5.41) is 13.2. The molecular formula is C25H29BrN4O6. The van der Waals surface area contributed by atoms with Gasteiger partial charge in [0.05, 0.1) is 43.2 Å². The van der Waals surface area contributed by atoms with Crippen LogP contribution >= 0.6 is 15.9 Å². The number of para-hydroxylation sites is 1. The summed E-state index contributed by atoms with van der Waals surface area (Å²) in [6, 6.07) is 10.3. The molecule has 1 heterocycles. The fourth-order valence-corrected chi connectivity index (χ4v) is 3.73. The van der Waals surface area contributed by atoms with Crippen LogP contribution in [0.15, 0.2) is 47.1 Å². The lowest BCUT2D eigenvalue weighted by atomic mass is 10.1. The van der Waals surface area contributed by atoms with Crippen molar-refractivity contribution in [2.75, 3.05) is 40.2 Å². The fourth-order valence-electron chi connectivity index (χ4n) is 3.46. The van der Waals surface area contributed by atoms with Gasteiger partial charge in [-0.3, -0.25) is 4.79 Å². The number of carbonyl (C=O) groups is 1. The Labute approximate surface area is 218 Å². The van der Waals surface area contributed by atoms with Crippen molar-refractivity contribution in [1.82, 2.24) is 14.9 Å². The number of rotatable bonds is 10. The number of hydrogen-bond donors (Lipinski definition) is 2. The van der Waals surface area contributed by atoms with Crippen molar-refractivity contribution >= 4 is 33.5 Å².